The summed E-state index contributed by atoms with van der Waals surface area (Å²) < 4.78 is 0.991. The highest BCUT2D eigenvalue weighted by molar-refractivity contribution is 7.19. The fourth-order valence-electron chi connectivity index (χ4n) is 1.98. The molecule has 1 aromatic heterocycles. The van der Waals surface area contributed by atoms with E-state index in [4.69, 9.17) is 5.41 Å². The van der Waals surface area contributed by atoms with Gasteiger partial charge < -0.3 is 5.11 Å². The number of aliphatic hydroxyl groups excluding tert-OH is 1. The smallest absolute Gasteiger partial charge is 0.162 e. The van der Waals surface area contributed by atoms with Gasteiger partial charge in [0.2, 0.25) is 0 Å². The maximum absolute atomic E-state index is 10.3. The summed E-state index contributed by atoms with van der Waals surface area (Å²) in [7, 11) is 0. The first-order valence-electron chi connectivity index (χ1n) is 5.83. The third-order valence-corrected chi connectivity index (χ3v) is 3.91. The number of para-hydroxylation sites is 1. The van der Waals surface area contributed by atoms with Crippen LogP contribution in [0.3, 0.4) is 0 Å². The van der Waals surface area contributed by atoms with Gasteiger partial charge in [-0.1, -0.05) is 12.1 Å². The Kier molecular flexibility index (Phi) is 3.03. The molecule has 0 atom stereocenters. The van der Waals surface area contributed by atoms with Crippen molar-refractivity contribution >= 4 is 45.5 Å². The van der Waals surface area contributed by atoms with Gasteiger partial charge in [-0.05, 0) is 12.1 Å². The van der Waals surface area contributed by atoms with Gasteiger partial charge in [0.05, 0.1) is 22.0 Å². The monoisotopic (exact) mass is 286 g/mol. The number of nitrogens with zero attached hydrogens (tertiary/aromatic N) is 3. The van der Waals surface area contributed by atoms with E-state index in [1.807, 2.05) is 24.3 Å². The lowest BCUT2D eigenvalue weighted by atomic mass is 10.2. The van der Waals surface area contributed by atoms with Crippen LogP contribution in [0.25, 0.3) is 15.8 Å². The second-order valence-corrected chi connectivity index (χ2v) is 5.15. The summed E-state index contributed by atoms with van der Waals surface area (Å²) in [5.74, 6) is 0.0803. The summed E-state index contributed by atoms with van der Waals surface area (Å²) in [6.07, 6.45) is 1.57. The average Bonchev–Trinajstić information content (AvgIpc) is 2.97. The van der Waals surface area contributed by atoms with Crippen LogP contribution in [0.5, 0.6) is 0 Å². The molecule has 7 heteroatoms. The standard InChI is InChI=1S/C13H10N4O2S/c14-12-11(9(19)7-17(12)15-5-6-18)13-16-8-3-1-2-4-10(8)20-13/h1-6,14,19H,7H2/b14-12?,15-5+. The van der Waals surface area contributed by atoms with E-state index in [1.165, 1.54) is 16.3 Å². The molecule has 0 amide bonds. The normalized spacial score (nSPS) is 15.8. The molecule has 2 aromatic rings. The molecule has 2 N–H and O–H groups in total. The quantitative estimate of drug-likeness (QED) is 0.667. The summed E-state index contributed by atoms with van der Waals surface area (Å²) >= 11 is 1.41. The molecule has 0 radical (unpaired) electrons. The predicted octanol–water partition coefficient (Wildman–Crippen LogP) is 2.04. The number of nitrogens with one attached hydrogen (secondary N) is 1. The van der Waals surface area contributed by atoms with Crippen LogP contribution in [-0.2, 0) is 4.79 Å². The van der Waals surface area contributed by atoms with Crippen LogP contribution in [0.2, 0.25) is 0 Å². The van der Waals surface area contributed by atoms with E-state index in [0.717, 1.165) is 16.4 Å². The largest absolute Gasteiger partial charge is 0.509 e. The molecule has 0 saturated heterocycles. The summed E-state index contributed by atoms with van der Waals surface area (Å²) in [4.78, 5) is 14.7. The Balaban J connectivity index is 2.00. The van der Waals surface area contributed by atoms with Gasteiger partial charge >= 0.3 is 0 Å². The first kappa shape index (κ1) is 12.5. The van der Waals surface area contributed by atoms with Gasteiger partial charge in [-0.3, -0.25) is 10.2 Å². The lowest BCUT2D eigenvalue weighted by molar-refractivity contribution is -0.102. The number of hydrogen-bond donors (Lipinski definition) is 2. The highest BCUT2D eigenvalue weighted by Gasteiger charge is 2.30. The number of aliphatic hydroxyl groups is 1. The molecule has 2 heterocycles. The van der Waals surface area contributed by atoms with Crippen molar-refractivity contribution in [2.45, 2.75) is 0 Å². The molecule has 1 aliphatic heterocycles. The maximum atomic E-state index is 10.3. The molecule has 0 spiro atoms. The lowest BCUT2D eigenvalue weighted by Crippen LogP contribution is -2.20. The Hall–Kier alpha value is -2.54. The molecule has 0 fully saturated rings. The Morgan fingerprint density at radius 1 is 1.45 bits per heavy atom. The van der Waals surface area contributed by atoms with Crippen molar-refractivity contribution in [1.82, 2.24) is 9.99 Å². The number of amidine groups is 1. The molecule has 0 saturated carbocycles. The Labute approximate surface area is 118 Å². The van der Waals surface area contributed by atoms with E-state index in [9.17, 15) is 9.90 Å². The summed E-state index contributed by atoms with van der Waals surface area (Å²) in [6.45, 7) is 0.0778. The molecule has 0 aliphatic carbocycles. The van der Waals surface area contributed by atoms with Gasteiger partial charge in [0.25, 0.3) is 0 Å². The maximum Gasteiger partial charge on any atom is 0.162 e. The van der Waals surface area contributed by atoms with Gasteiger partial charge in [0.1, 0.15) is 17.3 Å². The zero-order valence-corrected chi connectivity index (χ0v) is 11.1. The number of aromatic nitrogens is 1. The molecular weight excluding hydrogens is 276 g/mol. The first-order valence-corrected chi connectivity index (χ1v) is 6.64. The van der Waals surface area contributed by atoms with Gasteiger partial charge in [0, 0.05) is 0 Å². The Morgan fingerprint density at radius 2 is 2.25 bits per heavy atom. The summed E-state index contributed by atoms with van der Waals surface area (Å²) in [5.41, 5.74) is 1.20. The van der Waals surface area contributed by atoms with Crippen LogP contribution < -0.4 is 0 Å². The van der Waals surface area contributed by atoms with Crippen molar-refractivity contribution in [3.05, 3.63) is 35.0 Å². The van der Waals surface area contributed by atoms with Crippen LogP contribution in [0.15, 0.2) is 35.1 Å². The van der Waals surface area contributed by atoms with Crippen LogP contribution in [0.4, 0.5) is 0 Å². The van der Waals surface area contributed by atoms with E-state index in [1.54, 1.807) is 0 Å². The summed E-state index contributed by atoms with van der Waals surface area (Å²) in [5, 5.41) is 23.7. The van der Waals surface area contributed by atoms with E-state index >= 15 is 0 Å². The van der Waals surface area contributed by atoms with Crippen LogP contribution in [0, 0.1) is 5.41 Å². The Bertz CT molecular complexity index is 730. The SMILES string of the molecule is N=C1C(c2nc3ccccc3s2)=C(O)CN1/N=C/C=O. The Morgan fingerprint density at radius 3 is 3.00 bits per heavy atom. The number of aldehydes is 1. The molecule has 20 heavy (non-hydrogen) atoms. The molecule has 6 nitrogen and oxygen atoms in total. The highest BCUT2D eigenvalue weighted by atomic mass is 32.1. The number of rotatable bonds is 3. The molecule has 0 unspecified atom stereocenters. The number of hydrazone groups is 1. The minimum Gasteiger partial charge on any atom is -0.509 e. The van der Waals surface area contributed by atoms with E-state index < -0.39 is 0 Å². The van der Waals surface area contributed by atoms with Gasteiger partial charge in [-0.25, -0.2) is 9.99 Å². The zero-order valence-electron chi connectivity index (χ0n) is 10.3. The number of carbonyl (C=O) groups is 1. The number of thiazole rings is 1. The number of carbonyl (C=O) groups excluding carboxylic acids is 1. The topological polar surface area (TPSA) is 89.6 Å². The molecule has 1 aliphatic rings. The van der Waals surface area contributed by atoms with Crippen molar-refractivity contribution in [1.29, 1.82) is 5.41 Å². The van der Waals surface area contributed by atoms with E-state index in [0.29, 0.717) is 16.9 Å². The molecule has 100 valence electrons. The van der Waals surface area contributed by atoms with Crippen molar-refractivity contribution in [3.8, 4) is 0 Å². The first-order chi connectivity index (χ1) is 9.70. The van der Waals surface area contributed by atoms with Gasteiger partial charge in [-0.2, -0.15) is 5.10 Å². The van der Waals surface area contributed by atoms with Crippen molar-refractivity contribution in [2.24, 2.45) is 5.10 Å². The molecule has 3 rings (SSSR count). The van der Waals surface area contributed by atoms with Gasteiger partial charge in [-0.15, -0.1) is 11.3 Å². The minimum atomic E-state index is 0.0390. The fourth-order valence-corrected chi connectivity index (χ4v) is 3.01. The predicted molar refractivity (Wildman–Crippen MR) is 78.2 cm³/mol. The lowest BCUT2D eigenvalue weighted by Gasteiger charge is -2.09. The molecule has 0 bridgehead atoms. The second-order valence-electron chi connectivity index (χ2n) is 4.12. The third-order valence-electron chi connectivity index (χ3n) is 2.86. The average molecular weight is 286 g/mol. The van der Waals surface area contributed by atoms with Crippen LogP contribution in [0.1, 0.15) is 5.01 Å². The summed E-state index contributed by atoms with van der Waals surface area (Å²) in [6, 6.07) is 7.63. The number of benzene rings is 1. The van der Waals surface area contributed by atoms with Crippen molar-refractivity contribution in [3.63, 3.8) is 0 Å². The molecular formula is C13H10N4O2S. The van der Waals surface area contributed by atoms with Crippen molar-refractivity contribution < 1.29 is 9.90 Å². The minimum absolute atomic E-state index is 0.0390. The van der Waals surface area contributed by atoms with Crippen molar-refractivity contribution in [2.75, 3.05) is 6.54 Å². The second kappa shape index (κ2) is 4.86. The third kappa shape index (κ3) is 1.97. The fraction of sp³-hybridized carbons (Fsp3) is 0.0769. The zero-order chi connectivity index (χ0) is 14.1. The van der Waals surface area contributed by atoms with Crippen LogP contribution >= 0.6 is 11.3 Å². The van der Waals surface area contributed by atoms with E-state index in [2.05, 4.69) is 10.1 Å². The highest BCUT2D eigenvalue weighted by Crippen LogP contribution is 2.32. The van der Waals surface area contributed by atoms with E-state index in [-0.39, 0.29) is 18.1 Å². The van der Waals surface area contributed by atoms with Crippen LogP contribution in [-0.4, -0.2) is 40.0 Å². The molecule has 1 aromatic carbocycles. The number of fused-ring (bicyclic) bond motifs is 1. The number of hydrogen-bond acceptors (Lipinski definition) is 6. The van der Waals surface area contributed by atoms with Gasteiger partial charge in [0.15, 0.2) is 12.1 Å².